The second kappa shape index (κ2) is 9.24. The zero-order valence-electron chi connectivity index (χ0n) is 20.2. The third-order valence-electron chi connectivity index (χ3n) is 6.59. The van der Waals surface area contributed by atoms with E-state index in [1.165, 1.54) is 0 Å². The Morgan fingerprint density at radius 3 is 2.49 bits per heavy atom. The van der Waals surface area contributed by atoms with E-state index in [4.69, 9.17) is 21.3 Å². The Labute approximate surface area is 209 Å². The van der Waals surface area contributed by atoms with Crippen LogP contribution in [0.4, 0.5) is 34.5 Å². The average molecular weight is 494 g/mol. The molecule has 0 bridgehead atoms. The Balaban J connectivity index is 1.46. The number of likely N-dealkylation sites (N-methyl/N-ethyl adjacent to an activating group) is 1. The first kappa shape index (κ1) is 23.2. The van der Waals surface area contributed by atoms with Crippen molar-refractivity contribution in [1.82, 2.24) is 14.9 Å². The van der Waals surface area contributed by atoms with Crippen molar-refractivity contribution in [2.45, 2.75) is 0 Å². The van der Waals surface area contributed by atoms with Crippen LogP contribution in [-0.2, 0) is 0 Å². The minimum Gasteiger partial charge on any atom is -0.494 e. The Morgan fingerprint density at radius 1 is 0.971 bits per heavy atom. The van der Waals surface area contributed by atoms with Gasteiger partial charge in [-0.2, -0.15) is 4.98 Å². The second-order valence-electron chi connectivity index (χ2n) is 8.79. The van der Waals surface area contributed by atoms with Crippen molar-refractivity contribution < 1.29 is 9.53 Å². The highest BCUT2D eigenvalue weighted by Gasteiger charge is 2.29. The molecule has 2 aromatic carbocycles. The van der Waals surface area contributed by atoms with Gasteiger partial charge in [0.1, 0.15) is 11.4 Å². The molecule has 0 radical (unpaired) electrons. The van der Waals surface area contributed by atoms with Crippen LogP contribution in [0.5, 0.6) is 5.75 Å². The molecule has 0 unspecified atom stereocenters. The Morgan fingerprint density at radius 2 is 1.74 bits per heavy atom. The molecule has 0 saturated carbocycles. The molecule has 2 aliphatic heterocycles. The van der Waals surface area contributed by atoms with Gasteiger partial charge in [-0.1, -0.05) is 11.6 Å². The molecule has 3 heterocycles. The van der Waals surface area contributed by atoms with E-state index < -0.39 is 0 Å². The summed E-state index contributed by atoms with van der Waals surface area (Å²) in [7, 11) is 7.38. The fourth-order valence-corrected chi connectivity index (χ4v) is 4.61. The lowest BCUT2D eigenvalue weighted by molar-refractivity contribution is 0.0994. The topological polar surface area (TPSA) is 77.1 Å². The molecule has 1 aromatic heterocycles. The van der Waals surface area contributed by atoms with Crippen LogP contribution >= 0.6 is 11.6 Å². The number of benzene rings is 2. The van der Waals surface area contributed by atoms with Crippen LogP contribution in [0.1, 0.15) is 10.4 Å². The van der Waals surface area contributed by atoms with Crippen molar-refractivity contribution >= 4 is 52.0 Å². The van der Waals surface area contributed by atoms with Crippen molar-refractivity contribution in [3.63, 3.8) is 0 Å². The van der Waals surface area contributed by atoms with Gasteiger partial charge in [-0.3, -0.25) is 4.79 Å². The van der Waals surface area contributed by atoms with Crippen LogP contribution in [0.3, 0.4) is 0 Å². The number of nitrogens with zero attached hydrogens (tertiary/aromatic N) is 6. The SMILES string of the molecule is COc1cc(N2CCN(C)CC2)ccc1Nc1ncc2c(n1)N(C)c1cc(Cl)ccc1C(=O)N2C. The monoisotopic (exact) mass is 493 g/mol. The smallest absolute Gasteiger partial charge is 0.260 e. The van der Waals surface area contributed by atoms with Gasteiger partial charge in [0.25, 0.3) is 5.91 Å². The first-order chi connectivity index (χ1) is 16.9. The zero-order chi connectivity index (χ0) is 24.7. The van der Waals surface area contributed by atoms with Crippen LogP contribution in [0.25, 0.3) is 0 Å². The molecule has 35 heavy (non-hydrogen) atoms. The van der Waals surface area contributed by atoms with Gasteiger partial charge in [-0.05, 0) is 37.4 Å². The molecule has 1 saturated heterocycles. The minimum atomic E-state index is -0.146. The van der Waals surface area contributed by atoms with Crippen LogP contribution < -0.4 is 24.8 Å². The van der Waals surface area contributed by atoms with Gasteiger partial charge in [0.15, 0.2) is 5.82 Å². The van der Waals surface area contributed by atoms with Crippen molar-refractivity contribution in [3.8, 4) is 5.75 Å². The third kappa shape index (κ3) is 4.33. The largest absolute Gasteiger partial charge is 0.494 e. The molecule has 0 aliphatic carbocycles. The molecule has 10 heteroatoms. The number of carbonyl (C=O) groups excluding carboxylic acids is 1. The van der Waals surface area contributed by atoms with Crippen LogP contribution in [0, 0.1) is 0 Å². The number of nitrogens with one attached hydrogen (secondary N) is 1. The molecule has 9 nitrogen and oxygen atoms in total. The fraction of sp³-hybridized carbons (Fsp3) is 0.320. The number of anilines is 6. The summed E-state index contributed by atoms with van der Waals surface area (Å²) in [6.45, 7) is 4.02. The van der Waals surface area contributed by atoms with E-state index in [9.17, 15) is 4.79 Å². The Bertz CT molecular complexity index is 1280. The van der Waals surface area contributed by atoms with Gasteiger partial charge in [-0.15, -0.1) is 0 Å². The number of fused-ring (bicyclic) bond motifs is 2. The van der Waals surface area contributed by atoms with Gasteiger partial charge < -0.3 is 29.7 Å². The van der Waals surface area contributed by atoms with Gasteiger partial charge in [0.05, 0.1) is 30.2 Å². The summed E-state index contributed by atoms with van der Waals surface area (Å²) in [5, 5.41) is 3.83. The molecule has 1 fully saturated rings. The molecule has 1 amide bonds. The van der Waals surface area contributed by atoms with E-state index in [2.05, 4.69) is 33.2 Å². The van der Waals surface area contributed by atoms with Crippen molar-refractivity contribution in [1.29, 1.82) is 0 Å². The van der Waals surface area contributed by atoms with Crippen molar-refractivity contribution in [3.05, 3.63) is 53.2 Å². The first-order valence-corrected chi connectivity index (χ1v) is 11.8. The highest BCUT2D eigenvalue weighted by Crippen LogP contribution is 2.39. The molecule has 0 spiro atoms. The molecule has 5 rings (SSSR count). The summed E-state index contributed by atoms with van der Waals surface area (Å²) in [6, 6.07) is 11.3. The predicted octanol–water partition coefficient (Wildman–Crippen LogP) is 3.99. The average Bonchev–Trinajstić information content (AvgIpc) is 2.94. The van der Waals surface area contributed by atoms with Gasteiger partial charge in [0.2, 0.25) is 5.95 Å². The van der Waals surface area contributed by atoms with Gasteiger partial charge in [0, 0.05) is 57.1 Å². The highest BCUT2D eigenvalue weighted by molar-refractivity contribution is 6.31. The number of hydrogen-bond acceptors (Lipinski definition) is 8. The third-order valence-corrected chi connectivity index (χ3v) is 6.82. The maximum atomic E-state index is 13.1. The maximum absolute atomic E-state index is 13.1. The molecule has 182 valence electrons. The molecule has 0 atom stereocenters. The van der Waals surface area contributed by atoms with E-state index in [0.29, 0.717) is 39.5 Å². The lowest BCUT2D eigenvalue weighted by atomic mass is 10.1. The van der Waals surface area contributed by atoms with E-state index in [1.807, 2.05) is 24.1 Å². The number of carbonyl (C=O) groups is 1. The number of ether oxygens (including phenoxy) is 1. The van der Waals surface area contributed by atoms with Gasteiger partial charge in [-0.25, -0.2) is 4.98 Å². The summed E-state index contributed by atoms with van der Waals surface area (Å²) in [5.41, 5.74) is 3.72. The summed E-state index contributed by atoms with van der Waals surface area (Å²) >= 11 is 6.24. The quantitative estimate of drug-likeness (QED) is 0.584. The molecule has 1 N–H and O–H groups in total. The minimum absolute atomic E-state index is 0.146. The number of aromatic nitrogens is 2. The van der Waals surface area contributed by atoms with E-state index >= 15 is 0 Å². The van der Waals surface area contributed by atoms with Gasteiger partial charge >= 0.3 is 0 Å². The number of piperazine rings is 1. The number of hydrogen-bond donors (Lipinski definition) is 1. The van der Waals surface area contributed by atoms with Crippen LogP contribution in [0.2, 0.25) is 5.02 Å². The number of halogens is 1. The number of methoxy groups -OCH3 is 1. The standard InChI is InChI=1S/C25H28ClN7O2/c1-30-9-11-33(12-10-30)17-6-8-19(22(14-17)35-4)28-25-27-15-21-23(29-25)31(2)20-13-16(26)5-7-18(20)24(34)32(21)3/h5-8,13-15H,9-12H2,1-4H3,(H,27,28,29). The first-order valence-electron chi connectivity index (χ1n) is 11.4. The zero-order valence-corrected chi connectivity index (χ0v) is 21.0. The maximum Gasteiger partial charge on any atom is 0.260 e. The summed E-state index contributed by atoms with van der Waals surface area (Å²) in [5.74, 6) is 1.55. The Kier molecular flexibility index (Phi) is 6.12. The second-order valence-corrected chi connectivity index (χ2v) is 9.22. The lowest BCUT2D eigenvalue weighted by Gasteiger charge is -2.34. The normalized spacial score (nSPS) is 16.0. The molecule has 2 aliphatic rings. The summed E-state index contributed by atoms with van der Waals surface area (Å²) in [4.78, 5) is 30.4. The predicted molar refractivity (Wildman–Crippen MR) is 140 cm³/mol. The van der Waals surface area contributed by atoms with Crippen LogP contribution in [0.15, 0.2) is 42.6 Å². The van der Waals surface area contributed by atoms with E-state index in [0.717, 1.165) is 37.6 Å². The summed E-state index contributed by atoms with van der Waals surface area (Å²) in [6.07, 6.45) is 1.65. The molecule has 3 aromatic rings. The van der Waals surface area contributed by atoms with E-state index in [1.54, 1.807) is 43.5 Å². The van der Waals surface area contributed by atoms with E-state index in [-0.39, 0.29) is 5.91 Å². The fourth-order valence-electron chi connectivity index (χ4n) is 4.44. The molecular weight excluding hydrogens is 466 g/mol. The number of rotatable bonds is 4. The lowest BCUT2D eigenvalue weighted by Crippen LogP contribution is -2.44. The number of amides is 1. The highest BCUT2D eigenvalue weighted by atomic mass is 35.5. The Hall–Kier alpha value is -3.56. The van der Waals surface area contributed by atoms with Crippen molar-refractivity contribution in [2.75, 3.05) is 74.4 Å². The molecular formula is C25H28ClN7O2. The van der Waals surface area contributed by atoms with Crippen molar-refractivity contribution in [2.24, 2.45) is 0 Å². The summed E-state index contributed by atoms with van der Waals surface area (Å²) < 4.78 is 5.68. The van der Waals surface area contributed by atoms with Crippen LogP contribution in [-0.4, -0.2) is 75.2 Å².